The van der Waals surface area contributed by atoms with Gasteiger partial charge in [-0.15, -0.1) is 12.4 Å². The van der Waals surface area contributed by atoms with Gasteiger partial charge in [0, 0.05) is 13.1 Å². The van der Waals surface area contributed by atoms with Crippen LogP contribution in [0.15, 0.2) is 0 Å². The van der Waals surface area contributed by atoms with Crippen LogP contribution in [0.4, 0.5) is 0 Å². The van der Waals surface area contributed by atoms with Gasteiger partial charge in [-0.2, -0.15) is 0 Å². The van der Waals surface area contributed by atoms with Gasteiger partial charge in [0.05, 0.1) is 6.10 Å². The normalized spacial score (nSPS) is 24.2. The smallest absolute Gasteiger partial charge is 0.249 e. The predicted octanol–water partition coefficient (Wildman–Crippen LogP) is 1.08. The van der Waals surface area contributed by atoms with E-state index in [1.165, 1.54) is 0 Å². The highest BCUT2D eigenvalue weighted by Crippen LogP contribution is 2.18. The molecule has 1 rings (SSSR count). The summed E-state index contributed by atoms with van der Waals surface area (Å²) in [6.45, 7) is 5.53. The lowest BCUT2D eigenvalue weighted by atomic mass is 10.1. The Labute approximate surface area is 104 Å². The number of amides is 1. The van der Waals surface area contributed by atoms with E-state index < -0.39 is 0 Å². The molecule has 0 unspecified atom stereocenters. The molecule has 0 bridgehead atoms. The minimum Gasteiger partial charge on any atom is -0.364 e. The minimum absolute atomic E-state index is 0. The van der Waals surface area contributed by atoms with Crippen molar-refractivity contribution in [3.05, 3.63) is 0 Å². The summed E-state index contributed by atoms with van der Waals surface area (Å²) in [5.41, 5.74) is 5.48. The zero-order valence-corrected chi connectivity index (χ0v) is 10.9. The van der Waals surface area contributed by atoms with Crippen LogP contribution in [0.25, 0.3) is 0 Å². The molecule has 4 nitrogen and oxygen atoms in total. The first kappa shape index (κ1) is 15.7. The van der Waals surface area contributed by atoms with Gasteiger partial charge < -0.3 is 15.8 Å². The van der Waals surface area contributed by atoms with Crippen molar-refractivity contribution >= 4 is 18.3 Å². The van der Waals surface area contributed by atoms with Crippen molar-refractivity contribution in [1.82, 2.24) is 5.32 Å². The Morgan fingerprint density at radius 2 is 2.19 bits per heavy atom. The summed E-state index contributed by atoms with van der Waals surface area (Å²) < 4.78 is 5.49. The highest BCUT2D eigenvalue weighted by atomic mass is 35.5. The number of carbonyl (C=O) groups is 1. The lowest BCUT2D eigenvalue weighted by Crippen LogP contribution is -2.36. The van der Waals surface area contributed by atoms with Crippen LogP contribution < -0.4 is 11.1 Å². The van der Waals surface area contributed by atoms with Gasteiger partial charge in [0.25, 0.3) is 0 Å². The first-order valence-electron chi connectivity index (χ1n) is 5.76. The molecule has 1 fully saturated rings. The molecule has 0 spiro atoms. The molecule has 96 valence electrons. The SMILES string of the molecule is CC(C)CCNC(=O)[C@@H]1CC[C@H](CN)O1.Cl. The van der Waals surface area contributed by atoms with Gasteiger partial charge in [0.2, 0.25) is 5.91 Å². The minimum atomic E-state index is -0.272. The lowest BCUT2D eigenvalue weighted by molar-refractivity contribution is -0.131. The molecule has 0 saturated carbocycles. The van der Waals surface area contributed by atoms with Crippen molar-refractivity contribution in [3.63, 3.8) is 0 Å². The van der Waals surface area contributed by atoms with E-state index in [0.717, 1.165) is 25.8 Å². The molecule has 1 aliphatic rings. The van der Waals surface area contributed by atoms with Gasteiger partial charge in [-0.05, 0) is 25.2 Å². The van der Waals surface area contributed by atoms with E-state index in [1.807, 2.05) is 0 Å². The number of hydrogen-bond donors (Lipinski definition) is 2. The summed E-state index contributed by atoms with van der Waals surface area (Å²) in [5.74, 6) is 0.637. The average molecular weight is 251 g/mol. The molecule has 5 heteroatoms. The summed E-state index contributed by atoms with van der Waals surface area (Å²) >= 11 is 0. The predicted molar refractivity (Wildman–Crippen MR) is 66.7 cm³/mol. The molecular formula is C11H23ClN2O2. The topological polar surface area (TPSA) is 64.4 Å². The molecular weight excluding hydrogens is 228 g/mol. The van der Waals surface area contributed by atoms with Gasteiger partial charge in [-0.3, -0.25) is 4.79 Å². The van der Waals surface area contributed by atoms with Crippen LogP contribution in [0.1, 0.15) is 33.1 Å². The van der Waals surface area contributed by atoms with E-state index in [2.05, 4.69) is 19.2 Å². The van der Waals surface area contributed by atoms with Crippen LogP contribution in [-0.2, 0) is 9.53 Å². The third-order valence-corrected chi connectivity index (χ3v) is 2.68. The van der Waals surface area contributed by atoms with Crippen LogP contribution in [-0.4, -0.2) is 31.2 Å². The second-order valence-electron chi connectivity index (χ2n) is 4.53. The van der Waals surface area contributed by atoms with Crippen molar-refractivity contribution in [2.24, 2.45) is 11.7 Å². The number of hydrogen-bond acceptors (Lipinski definition) is 3. The Bertz CT molecular complexity index is 212. The molecule has 3 N–H and O–H groups in total. The largest absolute Gasteiger partial charge is 0.364 e. The van der Waals surface area contributed by atoms with Crippen LogP contribution in [0.5, 0.6) is 0 Å². The lowest BCUT2D eigenvalue weighted by Gasteiger charge is -2.13. The zero-order chi connectivity index (χ0) is 11.3. The van der Waals surface area contributed by atoms with Crippen molar-refractivity contribution in [2.75, 3.05) is 13.1 Å². The maximum Gasteiger partial charge on any atom is 0.249 e. The first-order chi connectivity index (χ1) is 7.13. The highest BCUT2D eigenvalue weighted by molar-refractivity contribution is 5.85. The molecule has 2 atom stereocenters. The van der Waals surface area contributed by atoms with E-state index in [9.17, 15) is 4.79 Å². The summed E-state index contributed by atoms with van der Waals surface area (Å²) in [6, 6.07) is 0. The average Bonchev–Trinajstić information content (AvgIpc) is 2.65. The maximum absolute atomic E-state index is 11.6. The van der Waals surface area contributed by atoms with Crippen LogP contribution in [0.3, 0.4) is 0 Å². The quantitative estimate of drug-likeness (QED) is 0.768. The number of carbonyl (C=O) groups excluding carboxylic acids is 1. The Hall–Kier alpha value is -0.320. The summed E-state index contributed by atoms with van der Waals surface area (Å²) in [4.78, 5) is 11.6. The summed E-state index contributed by atoms with van der Waals surface area (Å²) in [7, 11) is 0. The van der Waals surface area contributed by atoms with Gasteiger partial charge >= 0.3 is 0 Å². The van der Waals surface area contributed by atoms with E-state index >= 15 is 0 Å². The Morgan fingerprint density at radius 1 is 1.50 bits per heavy atom. The zero-order valence-electron chi connectivity index (χ0n) is 10.1. The van der Waals surface area contributed by atoms with Gasteiger partial charge in [0.1, 0.15) is 6.10 Å². The van der Waals surface area contributed by atoms with Crippen molar-refractivity contribution in [1.29, 1.82) is 0 Å². The van der Waals surface area contributed by atoms with Crippen molar-refractivity contribution < 1.29 is 9.53 Å². The second kappa shape index (κ2) is 7.87. The van der Waals surface area contributed by atoms with Crippen molar-refractivity contribution in [2.45, 2.75) is 45.3 Å². The fourth-order valence-electron chi connectivity index (χ4n) is 1.67. The fourth-order valence-corrected chi connectivity index (χ4v) is 1.67. The van der Waals surface area contributed by atoms with Crippen LogP contribution in [0.2, 0.25) is 0 Å². The van der Waals surface area contributed by atoms with E-state index in [-0.39, 0.29) is 30.5 Å². The third-order valence-electron chi connectivity index (χ3n) is 2.68. The number of halogens is 1. The van der Waals surface area contributed by atoms with E-state index in [0.29, 0.717) is 12.5 Å². The van der Waals surface area contributed by atoms with Gasteiger partial charge in [0.15, 0.2) is 0 Å². The standard InChI is InChI=1S/C11H22N2O2.ClH/c1-8(2)5-6-13-11(14)10-4-3-9(7-12)15-10;/h8-10H,3-7,12H2,1-2H3,(H,13,14);1H/t9-,10+;/m1./s1. The highest BCUT2D eigenvalue weighted by Gasteiger charge is 2.29. The van der Waals surface area contributed by atoms with Gasteiger partial charge in [-0.1, -0.05) is 13.8 Å². The number of nitrogens with two attached hydrogens (primary N) is 1. The Kier molecular flexibility index (Phi) is 7.72. The molecule has 1 heterocycles. The van der Waals surface area contributed by atoms with Gasteiger partial charge in [-0.25, -0.2) is 0 Å². The molecule has 16 heavy (non-hydrogen) atoms. The molecule has 0 aromatic rings. The second-order valence-corrected chi connectivity index (χ2v) is 4.53. The molecule has 0 aromatic heterocycles. The molecule has 0 aromatic carbocycles. The molecule has 0 radical (unpaired) electrons. The maximum atomic E-state index is 11.6. The van der Waals surface area contributed by atoms with Crippen LogP contribution in [0, 0.1) is 5.92 Å². The first-order valence-corrected chi connectivity index (χ1v) is 5.76. The molecule has 1 amide bonds. The molecule has 1 saturated heterocycles. The monoisotopic (exact) mass is 250 g/mol. The van der Waals surface area contributed by atoms with E-state index in [1.54, 1.807) is 0 Å². The third kappa shape index (κ3) is 5.14. The molecule has 1 aliphatic heterocycles. The van der Waals surface area contributed by atoms with Crippen LogP contribution >= 0.6 is 12.4 Å². The van der Waals surface area contributed by atoms with Crippen molar-refractivity contribution in [3.8, 4) is 0 Å². The number of nitrogens with one attached hydrogen (secondary N) is 1. The summed E-state index contributed by atoms with van der Waals surface area (Å²) in [6.07, 6.45) is 2.52. The Morgan fingerprint density at radius 3 is 2.69 bits per heavy atom. The fraction of sp³-hybridized carbons (Fsp3) is 0.909. The number of rotatable bonds is 5. The molecule has 0 aliphatic carbocycles. The van der Waals surface area contributed by atoms with E-state index in [4.69, 9.17) is 10.5 Å². The summed E-state index contributed by atoms with van der Waals surface area (Å²) in [5, 5.41) is 2.90. The number of ether oxygens (including phenoxy) is 1. The Balaban J connectivity index is 0.00000225.